The van der Waals surface area contributed by atoms with Gasteiger partial charge in [0.05, 0.1) is 15.5 Å². The summed E-state index contributed by atoms with van der Waals surface area (Å²) in [7, 11) is 0. The summed E-state index contributed by atoms with van der Waals surface area (Å²) in [5.74, 6) is -0.259. The molecular weight excluding hydrogens is 362 g/mol. The summed E-state index contributed by atoms with van der Waals surface area (Å²) < 4.78 is 0. The molecule has 0 aromatic heterocycles. The van der Waals surface area contributed by atoms with Crippen molar-refractivity contribution in [2.45, 2.75) is 26.2 Å². The van der Waals surface area contributed by atoms with Gasteiger partial charge >= 0.3 is 0 Å². The number of rotatable bonds is 6. The summed E-state index contributed by atoms with van der Waals surface area (Å²) in [6, 6.07) is 14.1. The first-order valence-corrected chi connectivity index (χ1v) is 9.50. The Hall–Kier alpha value is -2.93. The topological polar surface area (TPSA) is 84.6 Å². The van der Waals surface area contributed by atoms with E-state index in [-0.39, 0.29) is 11.6 Å². The predicted octanol–water partition coefficient (Wildman–Crippen LogP) is 4.83. The highest BCUT2D eigenvalue weighted by atomic mass is 32.2. The number of amides is 1. The summed E-state index contributed by atoms with van der Waals surface area (Å²) >= 11 is 1.22. The van der Waals surface area contributed by atoms with Gasteiger partial charge in [0, 0.05) is 12.1 Å². The van der Waals surface area contributed by atoms with Crippen molar-refractivity contribution in [1.29, 1.82) is 0 Å². The second kappa shape index (κ2) is 8.64. The van der Waals surface area contributed by atoms with Crippen LogP contribution in [0.1, 0.15) is 30.9 Å². The summed E-state index contributed by atoms with van der Waals surface area (Å²) in [6.45, 7) is 2.17. The maximum absolute atomic E-state index is 12.2. The number of hydrogen-bond acceptors (Lipinski definition) is 5. The molecule has 6 nitrogen and oxygen atoms in total. The molecular formula is C20H19N3O3S. The van der Waals surface area contributed by atoms with E-state index in [0.29, 0.717) is 15.6 Å². The number of amidine groups is 1. The van der Waals surface area contributed by atoms with Gasteiger partial charge < -0.3 is 5.32 Å². The standard InChI is InChI=1S/C20H19N3O3S/c1-2-3-5-14-8-10-16(11-9-14)21-20-22-19(24)18(27-20)13-15-6-4-7-17(12-15)23(25)26/h4,6-13H,2-3,5H2,1H3,(H,21,22,24)/b18-13-. The lowest BCUT2D eigenvalue weighted by atomic mass is 10.1. The molecule has 3 rings (SSSR count). The first-order valence-electron chi connectivity index (χ1n) is 8.68. The summed E-state index contributed by atoms with van der Waals surface area (Å²) in [5.41, 5.74) is 2.64. The Bertz CT molecular complexity index is 920. The van der Waals surface area contributed by atoms with Crippen molar-refractivity contribution in [2.75, 3.05) is 0 Å². The number of nitro benzene ring substituents is 1. The van der Waals surface area contributed by atoms with E-state index in [1.807, 2.05) is 12.1 Å². The molecule has 0 radical (unpaired) electrons. The average Bonchev–Trinajstić information content (AvgIpc) is 3.00. The minimum Gasteiger partial charge on any atom is -0.300 e. The fraction of sp³-hybridized carbons (Fsp3) is 0.200. The van der Waals surface area contributed by atoms with Crippen LogP contribution >= 0.6 is 11.8 Å². The van der Waals surface area contributed by atoms with E-state index in [1.54, 1.807) is 18.2 Å². The number of nitrogens with one attached hydrogen (secondary N) is 1. The largest absolute Gasteiger partial charge is 0.300 e. The molecule has 1 heterocycles. The molecule has 1 N–H and O–H groups in total. The highest BCUT2D eigenvalue weighted by Crippen LogP contribution is 2.29. The fourth-order valence-electron chi connectivity index (χ4n) is 2.60. The second-order valence-electron chi connectivity index (χ2n) is 6.10. The van der Waals surface area contributed by atoms with Crippen LogP contribution in [0.2, 0.25) is 0 Å². The van der Waals surface area contributed by atoms with Crippen molar-refractivity contribution in [3.8, 4) is 0 Å². The molecule has 1 saturated heterocycles. The van der Waals surface area contributed by atoms with Gasteiger partial charge in [0.1, 0.15) is 0 Å². The Balaban J connectivity index is 1.74. The average molecular weight is 381 g/mol. The van der Waals surface area contributed by atoms with Gasteiger partial charge in [0.2, 0.25) is 0 Å². The molecule has 138 valence electrons. The Morgan fingerprint density at radius 2 is 2.00 bits per heavy atom. The zero-order chi connectivity index (χ0) is 19.2. The van der Waals surface area contributed by atoms with E-state index in [0.717, 1.165) is 24.9 Å². The first kappa shape index (κ1) is 18.8. The molecule has 7 heteroatoms. The fourth-order valence-corrected chi connectivity index (χ4v) is 3.44. The number of benzene rings is 2. The van der Waals surface area contributed by atoms with Crippen LogP contribution in [-0.2, 0) is 11.2 Å². The minimum absolute atomic E-state index is 0.00944. The number of carbonyl (C=O) groups is 1. The highest BCUT2D eigenvalue weighted by Gasteiger charge is 2.24. The van der Waals surface area contributed by atoms with Gasteiger partial charge in [0.15, 0.2) is 5.17 Å². The van der Waals surface area contributed by atoms with Crippen molar-refractivity contribution in [3.63, 3.8) is 0 Å². The zero-order valence-electron chi connectivity index (χ0n) is 14.8. The van der Waals surface area contributed by atoms with Gasteiger partial charge in [-0.25, -0.2) is 4.99 Å². The van der Waals surface area contributed by atoms with Crippen LogP contribution in [0.5, 0.6) is 0 Å². The lowest BCUT2D eigenvalue weighted by molar-refractivity contribution is -0.384. The highest BCUT2D eigenvalue weighted by molar-refractivity contribution is 8.18. The van der Waals surface area contributed by atoms with E-state index in [9.17, 15) is 14.9 Å². The van der Waals surface area contributed by atoms with Crippen LogP contribution in [0, 0.1) is 10.1 Å². The van der Waals surface area contributed by atoms with E-state index >= 15 is 0 Å². The van der Waals surface area contributed by atoms with Crippen LogP contribution in [0.4, 0.5) is 11.4 Å². The van der Waals surface area contributed by atoms with Crippen LogP contribution < -0.4 is 5.32 Å². The molecule has 0 atom stereocenters. The third-order valence-electron chi connectivity index (χ3n) is 4.02. The molecule has 0 aliphatic carbocycles. The molecule has 2 aromatic carbocycles. The summed E-state index contributed by atoms with van der Waals surface area (Å²) in [4.78, 5) is 27.5. The molecule has 1 amide bonds. The van der Waals surface area contributed by atoms with E-state index < -0.39 is 4.92 Å². The maximum atomic E-state index is 12.2. The van der Waals surface area contributed by atoms with Crippen molar-refractivity contribution >= 4 is 40.3 Å². The summed E-state index contributed by atoms with van der Waals surface area (Å²) in [6.07, 6.45) is 5.00. The SMILES string of the molecule is CCCCc1ccc(N=C2NC(=O)/C(=C/c3cccc([N+](=O)[O-])c3)S2)cc1. The van der Waals surface area contributed by atoms with E-state index in [4.69, 9.17) is 0 Å². The monoisotopic (exact) mass is 381 g/mol. The van der Waals surface area contributed by atoms with Crippen molar-refractivity contribution in [1.82, 2.24) is 5.32 Å². The molecule has 27 heavy (non-hydrogen) atoms. The summed E-state index contributed by atoms with van der Waals surface area (Å²) in [5, 5.41) is 14.1. The predicted molar refractivity (Wildman–Crippen MR) is 109 cm³/mol. The van der Waals surface area contributed by atoms with Crippen molar-refractivity contribution < 1.29 is 9.72 Å². The third kappa shape index (κ3) is 5.04. The molecule has 2 aromatic rings. The first-order chi connectivity index (χ1) is 13.0. The number of non-ortho nitro benzene ring substituents is 1. The van der Waals surface area contributed by atoms with E-state index in [1.165, 1.54) is 29.5 Å². The van der Waals surface area contributed by atoms with Crippen LogP contribution in [0.3, 0.4) is 0 Å². The second-order valence-corrected chi connectivity index (χ2v) is 7.13. The maximum Gasteiger partial charge on any atom is 0.270 e. The molecule has 0 bridgehead atoms. The molecule has 1 aliphatic rings. The van der Waals surface area contributed by atoms with Crippen molar-refractivity contribution in [3.05, 3.63) is 74.7 Å². The number of aliphatic imine (C=N–C) groups is 1. The van der Waals surface area contributed by atoms with Gasteiger partial charge in [-0.1, -0.05) is 37.6 Å². The molecule has 1 aliphatic heterocycles. The van der Waals surface area contributed by atoms with Crippen LogP contribution in [-0.4, -0.2) is 16.0 Å². The number of unbranched alkanes of at least 4 members (excludes halogenated alkanes) is 1. The molecule has 0 unspecified atom stereocenters. The third-order valence-corrected chi connectivity index (χ3v) is 4.93. The molecule has 1 fully saturated rings. The number of nitrogens with zero attached hydrogens (tertiary/aromatic N) is 2. The minimum atomic E-state index is -0.457. The smallest absolute Gasteiger partial charge is 0.270 e. The Morgan fingerprint density at radius 1 is 1.22 bits per heavy atom. The lowest BCUT2D eigenvalue weighted by Crippen LogP contribution is -2.19. The van der Waals surface area contributed by atoms with Crippen LogP contribution in [0.25, 0.3) is 6.08 Å². The van der Waals surface area contributed by atoms with Crippen molar-refractivity contribution in [2.24, 2.45) is 4.99 Å². The Morgan fingerprint density at radius 3 is 2.70 bits per heavy atom. The van der Waals surface area contributed by atoms with E-state index in [2.05, 4.69) is 29.4 Å². The molecule has 0 spiro atoms. The lowest BCUT2D eigenvalue weighted by Gasteiger charge is -2.01. The molecule has 0 saturated carbocycles. The number of hydrogen-bond donors (Lipinski definition) is 1. The quantitative estimate of drug-likeness (QED) is 0.441. The number of aryl methyl sites for hydroxylation is 1. The number of thioether (sulfide) groups is 1. The van der Waals surface area contributed by atoms with Gasteiger partial charge in [-0.05, 0) is 53.9 Å². The van der Waals surface area contributed by atoms with Gasteiger partial charge in [0.25, 0.3) is 11.6 Å². The Kier molecular flexibility index (Phi) is 6.03. The van der Waals surface area contributed by atoms with Gasteiger partial charge in [-0.15, -0.1) is 0 Å². The van der Waals surface area contributed by atoms with Gasteiger partial charge in [-0.3, -0.25) is 14.9 Å². The van der Waals surface area contributed by atoms with Gasteiger partial charge in [-0.2, -0.15) is 0 Å². The zero-order valence-corrected chi connectivity index (χ0v) is 15.7. The normalized spacial score (nSPS) is 16.7. The van der Waals surface area contributed by atoms with Crippen LogP contribution in [0.15, 0.2) is 58.4 Å². The Labute approximate surface area is 161 Å². The number of carbonyl (C=O) groups excluding carboxylic acids is 1. The number of nitro groups is 1.